The van der Waals surface area contributed by atoms with E-state index >= 15 is 0 Å². The van der Waals surface area contributed by atoms with Crippen molar-refractivity contribution >= 4 is 44.6 Å². The Balaban J connectivity index is 3.44. The van der Waals surface area contributed by atoms with Crippen molar-refractivity contribution in [3.63, 3.8) is 0 Å². The molecule has 4 nitrogen and oxygen atoms in total. The van der Waals surface area contributed by atoms with Gasteiger partial charge in [-0.25, -0.2) is 18.4 Å². The van der Waals surface area contributed by atoms with Crippen molar-refractivity contribution in [2.75, 3.05) is 5.75 Å². The molecule has 15 heavy (non-hydrogen) atoms. The number of rotatable bonds is 3. The van der Waals surface area contributed by atoms with Gasteiger partial charge in [-0.15, -0.1) is 6.58 Å². The molecule has 0 bridgehead atoms. The Hall–Kier alpha value is -0.360. The number of nitrogens with zero attached hydrogens (tertiary/aromatic N) is 2. The SMILES string of the molecule is C=CCS(=O)(=O)c1c(Cl)nc(Cl)nc1Cl. The lowest BCUT2D eigenvalue weighted by Crippen LogP contribution is -2.08. The molecule has 0 saturated carbocycles. The fourth-order valence-corrected chi connectivity index (χ4v) is 3.30. The zero-order chi connectivity index (χ0) is 11.6. The minimum absolute atomic E-state index is 0.206. The quantitative estimate of drug-likeness (QED) is 0.486. The van der Waals surface area contributed by atoms with Gasteiger partial charge in [0.25, 0.3) is 0 Å². The number of hydrogen-bond acceptors (Lipinski definition) is 4. The Morgan fingerprint density at radius 1 is 1.20 bits per heavy atom. The van der Waals surface area contributed by atoms with E-state index in [0.29, 0.717) is 0 Å². The van der Waals surface area contributed by atoms with Gasteiger partial charge in [0.2, 0.25) is 5.28 Å². The fourth-order valence-electron chi connectivity index (χ4n) is 0.869. The van der Waals surface area contributed by atoms with Crippen molar-refractivity contribution in [1.82, 2.24) is 9.97 Å². The molecule has 82 valence electrons. The van der Waals surface area contributed by atoms with E-state index in [4.69, 9.17) is 34.8 Å². The zero-order valence-electron chi connectivity index (χ0n) is 7.24. The van der Waals surface area contributed by atoms with Crippen LogP contribution < -0.4 is 0 Å². The minimum Gasteiger partial charge on any atom is -0.223 e. The highest BCUT2D eigenvalue weighted by Crippen LogP contribution is 2.28. The van der Waals surface area contributed by atoms with Crippen LogP contribution in [0.4, 0.5) is 0 Å². The van der Waals surface area contributed by atoms with Gasteiger partial charge in [0.05, 0.1) is 5.75 Å². The van der Waals surface area contributed by atoms with E-state index in [0.717, 1.165) is 0 Å². The summed E-state index contributed by atoms with van der Waals surface area (Å²) >= 11 is 16.7. The molecule has 0 saturated heterocycles. The van der Waals surface area contributed by atoms with Gasteiger partial charge in [-0.1, -0.05) is 29.3 Å². The Bertz CT molecular complexity index is 478. The largest absolute Gasteiger partial charge is 0.225 e. The smallest absolute Gasteiger partial charge is 0.223 e. The molecule has 1 rings (SSSR count). The number of sulfone groups is 1. The molecule has 8 heteroatoms. The highest BCUT2D eigenvalue weighted by molar-refractivity contribution is 7.91. The Labute approximate surface area is 102 Å². The van der Waals surface area contributed by atoms with Crippen LogP contribution in [0.3, 0.4) is 0 Å². The van der Waals surface area contributed by atoms with Gasteiger partial charge in [-0.2, -0.15) is 0 Å². The van der Waals surface area contributed by atoms with Crippen LogP contribution in [0.5, 0.6) is 0 Å². The average Bonchev–Trinajstić information content (AvgIpc) is 1.99. The minimum atomic E-state index is -3.65. The maximum Gasteiger partial charge on any atom is 0.225 e. The van der Waals surface area contributed by atoms with Crippen molar-refractivity contribution in [2.24, 2.45) is 0 Å². The van der Waals surface area contributed by atoms with Crippen LogP contribution in [0.2, 0.25) is 15.6 Å². The summed E-state index contributed by atoms with van der Waals surface area (Å²) in [6.07, 6.45) is 1.22. The van der Waals surface area contributed by atoms with E-state index in [1.807, 2.05) is 0 Å². The second-order valence-electron chi connectivity index (χ2n) is 2.47. The molecule has 1 heterocycles. The molecule has 0 aliphatic carbocycles. The second-order valence-corrected chi connectivity index (χ2v) is 5.50. The van der Waals surface area contributed by atoms with Crippen LogP contribution >= 0.6 is 34.8 Å². The van der Waals surface area contributed by atoms with Gasteiger partial charge in [-0.3, -0.25) is 0 Å². The van der Waals surface area contributed by atoms with Crippen LogP contribution in [-0.4, -0.2) is 24.1 Å². The van der Waals surface area contributed by atoms with Crippen molar-refractivity contribution < 1.29 is 8.42 Å². The van der Waals surface area contributed by atoms with E-state index in [2.05, 4.69) is 16.5 Å². The summed E-state index contributed by atoms with van der Waals surface area (Å²) in [5.41, 5.74) is 0. The summed E-state index contributed by atoms with van der Waals surface area (Å²) < 4.78 is 23.2. The van der Waals surface area contributed by atoms with Crippen LogP contribution in [0.15, 0.2) is 17.6 Å². The Morgan fingerprint density at radius 3 is 2.07 bits per heavy atom. The van der Waals surface area contributed by atoms with Gasteiger partial charge >= 0.3 is 0 Å². The van der Waals surface area contributed by atoms with Gasteiger partial charge in [0.1, 0.15) is 4.90 Å². The number of aromatic nitrogens is 2. The van der Waals surface area contributed by atoms with Crippen molar-refractivity contribution in [3.05, 3.63) is 28.2 Å². The van der Waals surface area contributed by atoms with Crippen molar-refractivity contribution in [1.29, 1.82) is 0 Å². The highest BCUT2D eigenvalue weighted by atomic mass is 35.5. The fraction of sp³-hybridized carbons (Fsp3) is 0.143. The molecule has 0 fully saturated rings. The van der Waals surface area contributed by atoms with E-state index in [9.17, 15) is 8.42 Å². The Kier molecular flexibility index (Phi) is 3.94. The molecule has 0 aromatic carbocycles. The molecule has 1 aromatic rings. The first-order chi connectivity index (χ1) is 6.88. The highest BCUT2D eigenvalue weighted by Gasteiger charge is 2.23. The first-order valence-corrected chi connectivity index (χ1v) is 6.39. The van der Waals surface area contributed by atoms with Crippen molar-refractivity contribution in [2.45, 2.75) is 4.90 Å². The van der Waals surface area contributed by atoms with Crippen LogP contribution in [-0.2, 0) is 9.84 Å². The molecular weight excluding hydrogens is 283 g/mol. The lowest BCUT2D eigenvalue weighted by atomic mass is 10.7. The van der Waals surface area contributed by atoms with Gasteiger partial charge in [-0.05, 0) is 11.6 Å². The molecule has 0 aliphatic rings. The number of halogens is 3. The zero-order valence-corrected chi connectivity index (χ0v) is 10.3. The molecule has 0 atom stereocenters. The van der Waals surface area contributed by atoms with Crippen LogP contribution in [0.1, 0.15) is 0 Å². The summed E-state index contributed by atoms with van der Waals surface area (Å²) in [6, 6.07) is 0. The van der Waals surface area contributed by atoms with E-state index in [1.54, 1.807) is 0 Å². The predicted molar refractivity (Wildman–Crippen MR) is 59.3 cm³/mol. The molecule has 0 amide bonds. The summed E-state index contributed by atoms with van der Waals surface area (Å²) in [7, 11) is -3.65. The third-order valence-corrected chi connectivity index (χ3v) is 4.03. The molecular formula is C7H5Cl3N2O2S. The van der Waals surface area contributed by atoms with E-state index in [1.165, 1.54) is 6.08 Å². The lowest BCUT2D eigenvalue weighted by Gasteiger charge is -2.05. The molecule has 0 aliphatic heterocycles. The maximum absolute atomic E-state index is 11.6. The molecule has 1 aromatic heterocycles. The van der Waals surface area contributed by atoms with E-state index in [-0.39, 0.29) is 26.2 Å². The van der Waals surface area contributed by atoms with Crippen LogP contribution in [0.25, 0.3) is 0 Å². The molecule has 0 unspecified atom stereocenters. The summed E-state index contributed by atoms with van der Waals surface area (Å²) in [4.78, 5) is 6.69. The van der Waals surface area contributed by atoms with Crippen molar-refractivity contribution in [3.8, 4) is 0 Å². The maximum atomic E-state index is 11.6. The predicted octanol–water partition coefficient (Wildman–Crippen LogP) is 2.40. The third-order valence-electron chi connectivity index (χ3n) is 1.40. The summed E-state index contributed by atoms with van der Waals surface area (Å²) in [5.74, 6) is -0.294. The average molecular weight is 288 g/mol. The first-order valence-electron chi connectivity index (χ1n) is 3.60. The third kappa shape index (κ3) is 2.81. The monoisotopic (exact) mass is 286 g/mol. The standard InChI is InChI=1S/C7H5Cl3N2O2S/c1-2-3-15(13,14)4-5(8)11-7(10)12-6(4)9/h2H,1,3H2. The van der Waals surface area contributed by atoms with E-state index < -0.39 is 9.84 Å². The topological polar surface area (TPSA) is 59.9 Å². The molecule has 0 spiro atoms. The molecule has 0 radical (unpaired) electrons. The Morgan fingerprint density at radius 2 is 1.67 bits per heavy atom. The number of hydrogen-bond donors (Lipinski definition) is 0. The summed E-state index contributed by atoms with van der Waals surface area (Å²) in [5, 5.41) is -0.786. The normalized spacial score (nSPS) is 11.4. The second kappa shape index (κ2) is 4.65. The first kappa shape index (κ1) is 12.7. The van der Waals surface area contributed by atoms with Crippen LogP contribution in [0, 0.1) is 0 Å². The molecule has 0 N–H and O–H groups in total. The summed E-state index contributed by atoms with van der Waals surface area (Å²) in [6.45, 7) is 3.32. The van der Waals surface area contributed by atoms with Gasteiger partial charge in [0.15, 0.2) is 20.1 Å². The van der Waals surface area contributed by atoms with Gasteiger partial charge in [0, 0.05) is 0 Å². The van der Waals surface area contributed by atoms with Gasteiger partial charge < -0.3 is 0 Å². The lowest BCUT2D eigenvalue weighted by molar-refractivity contribution is 0.598.